The summed E-state index contributed by atoms with van der Waals surface area (Å²) in [5.74, 6) is 0.323. The number of carbonyl (C=O) groups is 1. The van der Waals surface area contributed by atoms with Crippen LogP contribution in [0.25, 0.3) is 0 Å². The fraction of sp³-hybridized carbons (Fsp3) is 0.286. The lowest BCUT2D eigenvalue weighted by atomic mass is 10.1. The van der Waals surface area contributed by atoms with E-state index in [1.165, 1.54) is 12.1 Å². The van der Waals surface area contributed by atoms with Gasteiger partial charge in [-0.05, 0) is 62.6 Å². The Morgan fingerprint density at radius 3 is 2.59 bits per heavy atom. The van der Waals surface area contributed by atoms with Gasteiger partial charge in [-0.2, -0.15) is 13.4 Å². The number of halogens is 2. The molecule has 3 rings (SSSR count). The third-order valence-electron chi connectivity index (χ3n) is 4.97. The summed E-state index contributed by atoms with van der Waals surface area (Å²) in [7, 11) is -4.85. The monoisotopic (exact) mass is 509 g/mol. The Morgan fingerprint density at radius 2 is 1.94 bits per heavy atom. The zero-order valence-corrected chi connectivity index (χ0v) is 20.1. The van der Waals surface area contributed by atoms with Gasteiger partial charge in [0.25, 0.3) is 0 Å². The first kappa shape index (κ1) is 25.2. The maximum Gasteiger partial charge on any atom is 0.332 e. The Bertz CT molecular complexity index is 1260. The molecule has 0 saturated carbocycles. The molecule has 0 radical (unpaired) electrons. The van der Waals surface area contributed by atoms with Crippen molar-refractivity contribution in [3.63, 3.8) is 0 Å². The second-order valence-corrected chi connectivity index (χ2v) is 9.75. The van der Waals surface area contributed by atoms with Crippen molar-refractivity contribution in [1.29, 1.82) is 0 Å². The Morgan fingerprint density at radius 1 is 1.21 bits per heavy atom. The van der Waals surface area contributed by atoms with E-state index in [1.54, 1.807) is 11.0 Å². The number of aliphatic imine (C=N–C) groups is 2. The number of nitrogens with zero attached hydrogens (tertiary/aromatic N) is 3. The molecule has 182 valence electrons. The van der Waals surface area contributed by atoms with Gasteiger partial charge < -0.3 is 22.1 Å². The average molecular weight is 510 g/mol. The number of nitrogens with two attached hydrogens (primary N) is 2. The van der Waals surface area contributed by atoms with Crippen LogP contribution in [0.3, 0.4) is 0 Å². The van der Waals surface area contributed by atoms with Crippen LogP contribution >= 0.6 is 11.6 Å². The van der Waals surface area contributed by atoms with Gasteiger partial charge in [0.15, 0.2) is 0 Å². The van der Waals surface area contributed by atoms with Crippen LogP contribution in [0.1, 0.15) is 25.8 Å². The normalized spacial score (nSPS) is 15.4. The Labute approximate surface area is 202 Å². The molecule has 0 spiro atoms. The van der Waals surface area contributed by atoms with E-state index in [-0.39, 0.29) is 17.6 Å². The number of guanidine groups is 2. The van der Waals surface area contributed by atoms with E-state index in [9.17, 15) is 17.1 Å². The third-order valence-corrected chi connectivity index (χ3v) is 6.14. The zero-order chi connectivity index (χ0) is 25.1. The highest BCUT2D eigenvalue weighted by atomic mass is 35.5. The van der Waals surface area contributed by atoms with Gasteiger partial charge in [-0.3, -0.25) is 4.90 Å². The van der Waals surface area contributed by atoms with Crippen LogP contribution in [-0.4, -0.2) is 38.6 Å². The molecule has 34 heavy (non-hydrogen) atoms. The minimum atomic E-state index is -4.85. The first-order valence-electron chi connectivity index (χ1n) is 10.2. The molecular formula is C21H25ClFN7O3S. The number of rotatable bonds is 7. The summed E-state index contributed by atoms with van der Waals surface area (Å²) < 4.78 is 35.1. The molecule has 0 fully saturated rings. The van der Waals surface area contributed by atoms with Gasteiger partial charge in [-0.25, -0.2) is 9.79 Å². The van der Waals surface area contributed by atoms with Crippen molar-refractivity contribution >= 4 is 51.1 Å². The summed E-state index contributed by atoms with van der Waals surface area (Å²) in [4.78, 5) is 21.6. The summed E-state index contributed by atoms with van der Waals surface area (Å²) in [5, 5.41) is 5.65. The van der Waals surface area contributed by atoms with E-state index in [2.05, 4.69) is 20.6 Å². The first-order valence-corrected chi connectivity index (χ1v) is 12.0. The van der Waals surface area contributed by atoms with E-state index in [4.69, 9.17) is 23.1 Å². The molecule has 1 aliphatic heterocycles. The van der Waals surface area contributed by atoms with E-state index < -0.39 is 26.8 Å². The van der Waals surface area contributed by atoms with Crippen molar-refractivity contribution in [2.45, 2.75) is 37.2 Å². The second kappa shape index (κ2) is 9.85. The number of amides is 2. The summed E-state index contributed by atoms with van der Waals surface area (Å²) in [6, 6.07) is 9.87. The maximum absolute atomic E-state index is 13.1. The highest BCUT2D eigenvalue weighted by Gasteiger charge is 2.33. The smallest absolute Gasteiger partial charge is 0.332 e. The van der Waals surface area contributed by atoms with Crippen LogP contribution < -0.4 is 27.0 Å². The number of hydrogen-bond donors (Lipinski definition) is 4. The largest absolute Gasteiger partial charge is 0.369 e. The molecule has 1 heterocycles. The van der Waals surface area contributed by atoms with Crippen LogP contribution in [-0.2, 0) is 16.6 Å². The number of aryl methyl sites for hydroxylation is 1. The number of benzene rings is 2. The number of carbonyl (C=O) groups excluding carboxylic acids is 1. The Balaban J connectivity index is 1.54. The molecule has 0 bridgehead atoms. The van der Waals surface area contributed by atoms with Gasteiger partial charge in [0, 0.05) is 22.9 Å². The average Bonchev–Trinajstić information content (AvgIpc) is 2.70. The summed E-state index contributed by atoms with van der Waals surface area (Å²) in [5.41, 5.74) is 12.8. The fourth-order valence-corrected chi connectivity index (χ4v) is 4.29. The lowest BCUT2D eigenvalue weighted by Gasteiger charge is -2.38. The van der Waals surface area contributed by atoms with Gasteiger partial charge >= 0.3 is 16.3 Å². The third kappa shape index (κ3) is 6.14. The molecule has 6 N–H and O–H groups in total. The van der Waals surface area contributed by atoms with Crippen LogP contribution in [0, 0.1) is 0 Å². The molecule has 0 aromatic heterocycles. The molecule has 0 saturated heterocycles. The zero-order valence-electron chi connectivity index (χ0n) is 18.5. The van der Waals surface area contributed by atoms with Gasteiger partial charge in [0.2, 0.25) is 11.9 Å². The molecule has 2 amide bonds. The van der Waals surface area contributed by atoms with Gasteiger partial charge in [0.05, 0.1) is 0 Å². The van der Waals surface area contributed by atoms with Crippen LogP contribution in [0.4, 0.5) is 20.1 Å². The minimum absolute atomic E-state index is 0.109. The Hall–Kier alpha value is -3.38. The van der Waals surface area contributed by atoms with Crippen LogP contribution in [0.2, 0.25) is 5.02 Å². The number of urea groups is 1. The highest BCUT2D eigenvalue weighted by Crippen LogP contribution is 2.31. The number of hydrogen-bond acceptors (Lipinski definition) is 8. The molecule has 0 unspecified atom stereocenters. The lowest BCUT2D eigenvalue weighted by Crippen LogP contribution is -2.54. The second-order valence-electron chi connectivity index (χ2n) is 8.00. The Kier molecular flexibility index (Phi) is 7.32. The number of anilines is 2. The van der Waals surface area contributed by atoms with Crippen molar-refractivity contribution in [2.24, 2.45) is 21.5 Å². The van der Waals surface area contributed by atoms with E-state index in [1.807, 2.05) is 26.0 Å². The van der Waals surface area contributed by atoms with Crippen molar-refractivity contribution in [3.8, 4) is 0 Å². The lowest BCUT2D eigenvalue weighted by molar-refractivity contribution is 0.252. The predicted octanol–water partition coefficient (Wildman–Crippen LogP) is 2.94. The van der Waals surface area contributed by atoms with Gasteiger partial charge in [0.1, 0.15) is 10.6 Å². The van der Waals surface area contributed by atoms with Crippen molar-refractivity contribution in [2.75, 3.05) is 16.8 Å². The topological polar surface area (TPSA) is 155 Å². The van der Waals surface area contributed by atoms with Gasteiger partial charge in [-0.1, -0.05) is 23.7 Å². The minimum Gasteiger partial charge on any atom is -0.369 e. The first-order chi connectivity index (χ1) is 15.9. The quantitative estimate of drug-likeness (QED) is 0.332. The summed E-state index contributed by atoms with van der Waals surface area (Å²) in [6.45, 7) is 4.04. The molecule has 0 aliphatic carbocycles. The maximum atomic E-state index is 13.1. The molecule has 2 aromatic carbocycles. The molecule has 2 aromatic rings. The van der Waals surface area contributed by atoms with Gasteiger partial charge in [-0.15, -0.1) is 3.89 Å². The summed E-state index contributed by atoms with van der Waals surface area (Å²) >= 11 is 6.47. The van der Waals surface area contributed by atoms with Crippen LogP contribution in [0.15, 0.2) is 57.3 Å². The van der Waals surface area contributed by atoms with E-state index in [0.29, 0.717) is 30.1 Å². The standard InChI is InChI=1S/C21H25ClFN7O3S/c1-21(2)29-18(24)28-19(25)30(21)15-9-8-13(17(22)12-15)5-4-10-26-20(31)27-14-6-3-7-16(11-14)34(23,32)33/h3,6-9,11-12H,4-5,10H2,1-2H3,(H2,26,27,31)(H4,24,25,28,29). The SMILES string of the molecule is CC1(C)N=C(N)N=C(N)N1c1ccc(CCCNC(=O)Nc2cccc(S(=O)(=O)F)c2)c(Cl)c1. The molecular weight excluding hydrogens is 485 g/mol. The number of nitrogens with one attached hydrogen (secondary N) is 2. The molecule has 0 atom stereocenters. The molecule has 10 nitrogen and oxygen atoms in total. The molecule has 13 heteroatoms. The van der Waals surface area contributed by atoms with Crippen molar-refractivity contribution in [3.05, 3.63) is 53.1 Å². The predicted molar refractivity (Wildman–Crippen MR) is 131 cm³/mol. The fourth-order valence-electron chi connectivity index (χ4n) is 3.51. The van der Waals surface area contributed by atoms with Crippen LogP contribution in [0.5, 0.6) is 0 Å². The summed E-state index contributed by atoms with van der Waals surface area (Å²) in [6.07, 6.45) is 1.18. The molecule has 1 aliphatic rings. The van der Waals surface area contributed by atoms with Crippen molar-refractivity contribution in [1.82, 2.24) is 5.32 Å². The van der Waals surface area contributed by atoms with E-state index in [0.717, 1.165) is 17.7 Å². The highest BCUT2D eigenvalue weighted by molar-refractivity contribution is 7.86. The van der Waals surface area contributed by atoms with E-state index >= 15 is 0 Å². The van der Waals surface area contributed by atoms with Crippen molar-refractivity contribution < 1.29 is 17.1 Å².